The molecule has 0 spiro atoms. The van der Waals surface area contributed by atoms with Crippen molar-refractivity contribution in [3.05, 3.63) is 29.3 Å². The first kappa shape index (κ1) is 12.6. The fourth-order valence-electron chi connectivity index (χ4n) is 2.36. The molecular formula is C14H16O4. The van der Waals surface area contributed by atoms with E-state index in [0.717, 1.165) is 16.9 Å². The van der Waals surface area contributed by atoms with Gasteiger partial charge in [-0.25, -0.2) is 0 Å². The SMILES string of the molecule is COC(=O)CC1Cc2cccc(OC)c2CC1=O. The van der Waals surface area contributed by atoms with Crippen molar-refractivity contribution in [1.29, 1.82) is 0 Å². The molecule has 1 aliphatic carbocycles. The molecule has 96 valence electrons. The second kappa shape index (κ2) is 5.21. The Labute approximate surface area is 106 Å². The minimum absolute atomic E-state index is 0.0809. The van der Waals surface area contributed by atoms with Gasteiger partial charge in [-0.05, 0) is 18.1 Å². The zero-order chi connectivity index (χ0) is 13.1. The van der Waals surface area contributed by atoms with Crippen LogP contribution in [0.4, 0.5) is 0 Å². The maximum Gasteiger partial charge on any atom is 0.306 e. The van der Waals surface area contributed by atoms with Crippen LogP contribution in [0.15, 0.2) is 18.2 Å². The first-order valence-electron chi connectivity index (χ1n) is 5.90. The van der Waals surface area contributed by atoms with Gasteiger partial charge >= 0.3 is 5.97 Å². The van der Waals surface area contributed by atoms with Gasteiger partial charge in [-0.2, -0.15) is 0 Å². The smallest absolute Gasteiger partial charge is 0.306 e. The summed E-state index contributed by atoms with van der Waals surface area (Å²) in [5, 5.41) is 0. The van der Waals surface area contributed by atoms with Gasteiger partial charge in [0.15, 0.2) is 0 Å². The summed E-state index contributed by atoms with van der Waals surface area (Å²) in [5.74, 6) is 0.228. The molecule has 0 saturated carbocycles. The number of methoxy groups -OCH3 is 2. The standard InChI is InChI=1S/C14H16O4/c1-17-13-5-3-4-9-6-10(7-14(16)18-2)12(15)8-11(9)13/h3-5,10H,6-8H2,1-2H3. The normalized spacial score (nSPS) is 18.1. The largest absolute Gasteiger partial charge is 0.496 e. The molecule has 4 heteroatoms. The molecule has 0 heterocycles. The molecule has 1 aliphatic rings. The number of fused-ring (bicyclic) bond motifs is 1. The Bertz CT molecular complexity index is 479. The Balaban J connectivity index is 2.23. The molecule has 1 aromatic rings. The highest BCUT2D eigenvalue weighted by molar-refractivity contribution is 5.89. The molecule has 18 heavy (non-hydrogen) atoms. The molecular weight excluding hydrogens is 232 g/mol. The average Bonchev–Trinajstić information content (AvgIpc) is 2.38. The van der Waals surface area contributed by atoms with Crippen LogP contribution < -0.4 is 4.74 Å². The number of benzene rings is 1. The number of carbonyl (C=O) groups is 2. The lowest BCUT2D eigenvalue weighted by molar-refractivity contribution is -0.143. The van der Waals surface area contributed by atoms with Gasteiger partial charge in [-0.15, -0.1) is 0 Å². The summed E-state index contributed by atoms with van der Waals surface area (Å²) in [7, 11) is 2.94. The highest BCUT2D eigenvalue weighted by Crippen LogP contribution is 2.31. The number of carbonyl (C=O) groups excluding carboxylic acids is 2. The summed E-state index contributed by atoms with van der Waals surface area (Å²) < 4.78 is 9.87. The van der Waals surface area contributed by atoms with Crippen LogP contribution in [0.5, 0.6) is 5.75 Å². The highest BCUT2D eigenvalue weighted by atomic mass is 16.5. The first-order valence-corrected chi connectivity index (χ1v) is 5.90. The van der Waals surface area contributed by atoms with E-state index < -0.39 is 0 Å². The topological polar surface area (TPSA) is 52.6 Å². The lowest BCUT2D eigenvalue weighted by Crippen LogP contribution is -2.28. The van der Waals surface area contributed by atoms with Crippen molar-refractivity contribution < 1.29 is 19.1 Å². The Morgan fingerprint density at radius 3 is 2.83 bits per heavy atom. The number of ether oxygens (including phenoxy) is 2. The van der Waals surface area contributed by atoms with Crippen LogP contribution in [0.25, 0.3) is 0 Å². The number of ketones is 1. The van der Waals surface area contributed by atoms with Crippen LogP contribution >= 0.6 is 0 Å². The minimum Gasteiger partial charge on any atom is -0.496 e. The van der Waals surface area contributed by atoms with E-state index in [2.05, 4.69) is 4.74 Å². The summed E-state index contributed by atoms with van der Waals surface area (Å²) in [6.45, 7) is 0. The van der Waals surface area contributed by atoms with Crippen LogP contribution in [-0.4, -0.2) is 26.0 Å². The Hall–Kier alpha value is -1.84. The monoisotopic (exact) mass is 248 g/mol. The first-order chi connectivity index (χ1) is 8.65. The Kier molecular flexibility index (Phi) is 3.65. The molecule has 1 atom stereocenters. The predicted octanol–water partition coefficient (Wildman–Crippen LogP) is 1.54. The quantitative estimate of drug-likeness (QED) is 0.761. The Morgan fingerprint density at radius 1 is 1.39 bits per heavy atom. The van der Waals surface area contributed by atoms with Crippen molar-refractivity contribution in [3.63, 3.8) is 0 Å². The van der Waals surface area contributed by atoms with Crippen molar-refractivity contribution >= 4 is 11.8 Å². The van der Waals surface area contributed by atoms with Crippen molar-refractivity contribution in [2.45, 2.75) is 19.3 Å². The van der Waals surface area contributed by atoms with E-state index in [-0.39, 0.29) is 24.1 Å². The molecule has 0 radical (unpaired) electrons. The van der Waals surface area contributed by atoms with Gasteiger partial charge in [0.1, 0.15) is 11.5 Å². The van der Waals surface area contributed by atoms with Crippen molar-refractivity contribution in [2.75, 3.05) is 14.2 Å². The van der Waals surface area contributed by atoms with E-state index in [0.29, 0.717) is 12.8 Å². The molecule has 2 rings (SSSR count). The number of hydrogen-bond donors (Lipinski definition) is 0. The fourth-order valence-corrected chi connectivity index (χ4v) is 2.36. The van der Waals surface area contributed by atoms with E-state index in [1.165, 1.54) is 7.11 Å². The van der Waals surface area contributed by atoms with Gasteiger partial charge in [0.2, 0.25) is 0 Å². The van der Waals surface area contributed by atoms with Gasteiger partial charge in [0.25, 0.3) is 0 Å². The maximum atomic E-state index is 12.0. The van der Waals surface area contributed by atoms with Gasteiger partial charge in [-0.3, -0.25) is 9.59 Å². The molecule has 4 nitrogen and oxygen atoms in total. The zero-order valence-corrected chi connectivity index (χ0v) is 10.6. The van der Waals surface area contributed by atoms with Crippen molar-refractivity contribution in [3.8, 4) is 5.75 Å². The molecule has 0 aliphatic heterocycles. The average molecular weight is 248 g/mol. The number of Topliss-reactive ketones (excluding diaryl/α,β-unsaturated/α-hetero) is 1. The summed E-state index contributed by atoms with van der Waals surface area (Å²) >= 11 is 0. The summed E-state index contributed by atoms with van der Waals surface area (Å²) in [5.41, 5.74) is 2.04. The second-order valence-corrected chi connectivity index (χ2v) is 4.42. The van der Waals surface area contributed by atoms with Crippen LogP contribution in [-0.2, 0) is 27.2 Å². The summed E-state index contributed by atoms with van der Waals surface area (Å²) in [4.78, 5) is 23.3. The molecule has 0 bridgehead atoms. The number of rotatable bonds is 3. The molecule has 0 aromatic heterocycles. The number of esters is 1. The fraction of sp³-hybridized carbons (Fsp3) is 0.429. The lowest BCUT2D eigenvalue weighted by atomic mass is 9.81. The molecule has 0 saturated heterocycles. The zero-order valence-electron chi connectivity index (χ0n) is 10.6. The Morgan fingerprint density at radius 2 is 2.17 bits per heavy atom. The van der Waals surface area contributed by atoms with E-state index in [1.807, 2.05) is 18.2 Å². The minimum atomic E-state index is -0.334. The van der Waals surface area contributed by atoms with Crippen molar-refractivity contribution in [2.24, 2.45) is 5.92 Å². The van der Waals surface area contributed by atoms with Crippen LogP contribution in [0.1, 0.15) is 17.5 Å². The van der Waals surface area contributed by atoms with E-state index in [4.69, 9.17) is 4.74 Å². The number of hydrogen-bond acceptors (Lipinski definition) is 4. The third-order valence-corrected chi connectivity index (χ3v) is 3.36. The van der Waals surface area contributed by atoms with Gasteiger partial charge in [0.05, 0.1) is 20.6 Å². The van der Waals surface area contributed by atoms with Gasteiger partial charge in [0, 0.05) is 17.9 Å². The molecule has 0 N–H and O–H groups in total. The molecule has 0 fully saturated rings. The van der Waals surface area contributed by atoms with E-state index in [1.54, 1.807) is 7.11 Å². The van der Waals surface area contributed by atoms with Gasteiger partial charge < -0.3 is 9.47 Å². The van der Waals surface area contributed by atoms with Crippen molar-refractivity contribution in [1.82, 2.24) is 0 Å². The highest BCUT2D eigenvalue weighted by Gasteiger charge is 2.30. The predicted molar refractivity (Wildman–Crippen MR) is 65.5 cm³/mol. The lowest BCUT2D eigenvalue weighted by Gasteiger charge is -2.24. The molecule has 1 unspecified atom stereocenters. The third-order valence-electron chi connectivity index (χ3n) is 3.36. The van der Waals surface area contributed by atoms with Gasteiger partial charge in [-0.1, -0.05) is 12.1 Å². The van der Waals surface area contributed by atoms with Crippen LogP contribution in [0, 0.1) is 5.92 Å². The van der Waals surface area contributed by atoms with Crippen LogP contribution in [0.2, 0.25) is 0 Å². The summed E-state index contributed by atoms with van der Waals surface area (Å²) in [6, 6.07) is 5.74. The second-order valence-electron chi connectivity index (χ2n) is 4.42. The molecule has 1 aromatic carbocycles. The van der Waals surface area contributed by atoms with Crippen LogP contribution in [0.3, 0.4) is 0 Å². The summed E-state index contributed by atoms with van der Waals surface area (Å²) in [6.07, 6.45) is 1.08. The third kappa shape index (κ3) is 2.37. The maximum absolute atomic E-state index is 12.0. The van der Waals surface area contributed by atoms with E-state index >= 15 is 0 Å². The molecule has 0 amide bonds. The van der Waals surface area contributed by atoms with E-state index in [9.17, 15) is 9.59 Å².